The van der Waals surface area contributed by atoms with E-state index in [9.17, 15) is 0 Å². The van der Waals surface area contributed by atoms with Crippen LogP contribution in [0.3, 0.4) is 0 Å². The van der Waals surface area contributed by atoms with E-state index in [-0.39, 0.29) is 0 Å². The van der Waals surface area contributed by atoms with Crippen LogP contribution in [0.15, 0.2) is 18.2 Å². The molecule has 0 saturated carbocycles. The lowest BCUT2D eigenvalue weighted by Crippen LogP contribution is -2.40. The van der Waals surface area contributed by atoms with Crippen molar-refractivity contribution in [2.45, 2.75) is 51.5 Å². The van der Waals surface area contributed by atoms with Gasteiger partial charge in [0.2, 0.25) is 6.79 Å². The lowest BCUT2D eigenvalue weighted by atomic mass is 9.99. The second-order valence-electron chi connectivity index (χ2n) is 5.46. The number of hydrogen-bond donors (Lipinski definition) is 1. The molecule has 0 amide bonds. The molecule has 0 radical (unpaired) electrons. The molecule has 1 saturated heterocycles. The SMILES string of the molecule is C[C@H]1CC(NCc2cccc3c2OCO3)C[C@H](C)O1. The minimum Gasteiger partial charge on any atom is -0.454 e. The fourth-order valence-electron chi connectivity index (χ4n) is 2.96. The average molecular weight is 263 g/mol. The monoisotopic (exact) mass is 263 g/mol. The lowest BCUT2D eigenvalue weighted by Gasteiger charge is -2.32. The van der Waals surface area contributed by atoms with Crippen molar-refractivity contribution in [3.63, 3.8) is 0 Å². The maximum absolute atomic E-state index is 5.76. The van der Waals surface area contributed by atoms with Gasteiger partial charge < -0.3 is 19.5 Å². The summed E-state index contributed by atoms with van der Waals surface area (Å²) in [4.78, 5) is 0. The van der Waals surface area contributed by atoms with Crippen LogP contribution in [0.1, 0.15) is 32.3 Å². The Bertz CT molecular complexity index is 439. The van der Waals surface area contributed by atoms with E-state index in [0.29, 0.717) is 25.0 Å². The van der Waals surface area contributed by atoms with Crippen LogP contribution in [0.25, 0.3) is 0 Å². The first-order valence-electron chi connectivity index (χ1n) is 6.98. The van der Waals surface area contributed by atoms with Crippen LogP contribution >= 0.6 is 0 Å². The van der Waals surface area contributed by atoms with Crippen molar-refractivity contribution in [3.8, 4) is 11.5 Å². The molecule has 19 heavy (non-hydrogen) atoms. The molecule has 2 aliphatic heterocycles. The zero-order valence-corrected chi connectivity index (χ0v) is 11.5. The third-order valence-electron chi connectivity index (χ3n) is 3.76. The number of para-hydroxylation sites is 1. The van der Waals surface area contributed by atoms with E-state index < -0.39 is 0 Å². The molecule has 2 aliphatic rings. The van der Waals surface area contributed by atoms with E-state index in [1.165, 1.54) is 5.56 Å². The van der Waals surface area contributed by atoms with Crippen molar-refractivity contribution >= 4 is 0 Å². The molecule has 0 unspecified atom stereocenters. The topological polar surface area (TPSA) is 39.7 Å². The Labute approximate surface area is 114 Å². The predicted octanol–water partition coefficient (Wildman–Crippen LogP) is 2.46. The number of ether oxygens (including phenoxy) is 3. The first-order valence-corrected chi connectivity index (χ1v) is 6.98. The van der Waals surface area contributed by atoms with Gasteiger partial charge in [-0.2, -0.15) is 0 Å². The summed E-state index contributed by atoms with van der Waals surface area (Å²) in [6.07, 6.45) is 2.80. The second-order valence-corrected chi connectivity index (χ2v) is 5.46. The Balaban J connectivity index is 1.62. The summed E-state index contributed by atoms with van der Waals surface area (Å²) in [7, 11) is 0. The number of nitrogens with one attached hydrogen (secondary N) is 1. The van der Waals surface area contributed by atoms with Gasteiger partial charge in [-0.05, 0) is 32.8 Å². The highest BCUT2D eigenvalue weighted by Crippen LogP contribution is 2.35. The molecular formula is C15H21NO3. The van der Waals surface area contributed by atoms with Gasteiger partial charge in [0.1, 0.15) is 0 Å². The summed E-state index contributed by atoms with van der Waals surface area (Å²) in [5.74, 6) is 1.75. The van der Waals surface area contributed by atoms with Crippen molar-refractivity contribution in [2.75, 3.05) is 6.79 Å². The highest BCUT2D eigenvalue weighted by Gasteiger charge is 2.24. The van der Waals surface area contributed by atoms with Crippen LogP contribution in [0, 0.1) is 0 Å². The Morgan fingerprint density at radius 3 is 2.74 bits per heavy atom. The van der Waals surface area contributed by atoms with Gasteiger partial charge in [-0.1, -0.05) is 12.1 Å². The van der Waals surface area contributed by atoms with Crippen molar-refractivity contribution in [3.05, 3.63) is 23.8 Å². The van der Waals surface area contributed by atoms with E-state index in [1.807, 2.05) is 12.1 Å². The van der Waals surface area contributed by atoms with E-state index >= 15 is 0 Å². The Hall–Kier alpha value is -1.26. The van der Waals surface area contributed by atoms with Crippen molar-refractivity contribution < 1.29 is 14.2 Å². The minimum absolute atomic E-state index is 0.331. The molecule has 4 nitrogen and oxygen atoms in total. The molecule has 0 aliphatic carbocycles. The first kappa shape index (κ1) is 12.8. The fourth-order valence-corrected chi connectivity index (χ4v) is 2.96. The summed E-state index contributed by atoms with van der Waals surface area (Å²) in [6, 6.07) is 6.56. The molecule has 0 bridgehead atoms. The minimum atomic E-state index is 0.331. The molecule has 1 N–H and O–H groups in total. The Kier molecular flexibility index (Phi) is 3.62. The Morgan fingerprint density at radius 1 is 1.16 bits per heavy atom. The summed E-state index contributed by atoms with van der Waals surface area (Å²) < 4.78 is 16.7. The second kappa shape index (κ2) is 5.39. The smallest absolute Gasteiger partial charge is 0.231 e. The van der Waals surface area contributed by atoms with Crippen molar-refractivity contribution in [1.29, 1.82) is 0 Å². The van der Waals surface area contributed by atoms with Crippen LogP contribution in [-0.4, -0.2) is 25.0 Å². The van der Waals surface area contributed by atoms with Crippen molar-refractivity contribution in [1.82, 2.24) is 5.32 Å². The predicted molar refractivity (Wildman–Crippen MR) is 72.4 cm³/mol. The number of hydrogen-bond acceptors (Lipinski definition) is 4. The van der Waals surface area contributed by atoms with E-state index in [2.05, 4.69) is 25.2 Å². The van der Waals surface area contributed by atoms with Gasteiger partial charge in [-0.25, -0.2) is 0 Å². The molecule has 1 fully saturated rings. The quantitative estimate of drug-likeness (QED) is 0.909. The molecular weight excluding hydrogens is 242 g/mol. The normalized spacial score (nSPS) is 29.5. The van der Waals surface area contributed by atoms with Gasteiger partial charge in [0.05, 0.1) is 12.2 Å². The summed E-state index contributed by atoms with van der Waals surface area (Å²) in [5, 5.41) is 3.61. The third-order valence-corrected chi connectivity index (χ3v) is 3.76. The largest absolute Gasteiger partial charge is 0.454 e. The standard InChI is InChI=1S/C15H21NO3/c1-10-6-13(7-11(2)19-10)16-8-12-4-3-5-14-15(12)18-9-17-14/h3-5,10-11,13,16H,6-9H2,1-2H3/t10-,11-/m0/s1. The Morgan fingerprint density at radius 2 is 1.95 bits per heavy atom. The van der Waals surface area contributed by atoms with Crippen LogP contribution in [0.5, 0.6) is 11.5 Å². The van der Waals surface area contributed by atoms with Crippen LogP contribution in [0.2, 0.25) is 0 Å². The van der Waals surface area contributed by atoms with E-state index in [0.717, 1.165) is 30.9 Å². The number of rotatable bonds is 3. The molecule has 3 rings (SSSR count). The van der Waals surface area contributed by atoms with Crippen LogP contribution in [0.4, 0.5) is 0 Å². The molecule has 104 valence electrons. The number of fused-ring (bicyclic) bond motifs is 1. The molecule has 2 atom stereocenters. The molecule has 1 aromatic rings. The van der Waals surface area contributed by atoms with E-state index in [1.54, 1.807) is 0 Å². The van der Waals surface area contributed by atoms with Gasteiger partial charge >= 0.3 is 0 Å². The van der Waals surface area contributed by atoms with Gasteiger partial charge in [0.25, 0.3) is 0 Å². The van der Waals surface area contributed by atoms with Crippen LogP contribution < -0.4 is 14.8 Å². The fraction of sp³-hybridized carbons (Fsp3) is 0.600. The summed E-state index contributed by atoms with van der Waals surface area (Å²) in [5.41, 5.74) is 1.17. The zero-order valence-electron chi connectivity index (χ0n) is 11.5. The molecule has 0 spiro atoms. The average Bonchev–Trinajstić information content (AvgIpc) is 2.83. The van der Waals surface area contributed by atoms with Gasteiger partial charge in [-0.3, -0.25) is 0 Å². The highest BCUT2D eigenvalue weighted by atomic mass is 16.7. The molecule has 2 heterocycles. The lowest BCUT2D eigenvalue weighted by molar-refractivity contribution is -0.0423. The maximum atomic E-state index is 5.76. The molecule has 4 heteroatoms. The molecule has 0 aromatic heterocycles. The molecule has 1 aromatic carbocycles. The summed E-state index contributed by atoms with van der Waals surface area (Å²) >= 11 is 0. The zero-order chi connectivity index (χ0) is 13.2. The summed E-state index contributed by atoms with van der Waals surface area (Å²) in [6.45, 7) is 5.43. The maximum Gasteiger partial charge on any atom is 0.231 e. The van der Waals surface area contributed by atoms with E-state index in [4.69, 9.17) is 14.2 Å². The van der Waals surface area contributed by atoms with Gasteiger partial charge in [-0.15, -0.1) is 0 Å². The van der Waals surface area contributed by atoms with Gasteiger partial charge in [0, 0.05) is 18.2 Å². The van der Waals surface area contributed by atoms with Gasteiger partial charge in [0.15, 0.2) is 11.5 Å². The highest BCUT2D eigenvalue weighted by molar-refractivity contribution is 5.48. The first-order chi connectivity index (χ1) is 9.22. The third kappa shape index (κ3) is 2.85. The van der Waals surface area contributed by atoms with Crippen molar-refractivity contribution in [2.24, 2.45) is 0 Å². The van der Waals surface area contributed by atoms with Crippen LogP contribution in [-0.2, 0) is 11.3 Å². The number of benzene rings is 1.